The number of benzene rings is 8. The van der Waals surface area contributed by atoms with Crippen molar-refractivity contribution in [3.63, 3.8) is 0 Å². The van der Waals surface area contributed by atoms with Crippen molar-refractivity contribution in [1.82, 2.24) is 0 Å². The Morgan fingerprint density at radius 1 is 0.326 bits per heavy atom. The molecule has 2 heteroatoms. The van der Waals surface area contributed by atoms with Gasteiger partial charge in [0.2, 0.25) is 0 Å². The van der Waals surface area contributed by atoms with Crippen molar-refractivity contribution in [3.05, 3.63) is 176 Å². The molecule has 8 aromatic carbocycles. The molecule has 216 valence electrons. The highest BCUT2D eigenvalue weighted by molar-refractivity contribution is 6.18. The van der Waals surface area contributed by atoms with E-state index in [0.717, 1.165) is 55.5 Å². The summed E-state index contributed by atoms with van der Waals surface area (Å²) in [6, 6.07) is 62.7. The topological polar surface area (TPSA) is 16.4 Å². The number of hydrogen-bond donors (Lipinski definition) is 0. The predicted molar refractivity (Wildman–Crippen MR) is 194 cm³/mol. The van der Waals surface area contributed by atoms with Crippen LogP contribution >= 0.6 is 0 Å². The predicted octanol–water partition coefficient (Wildman–Crippen LogP) is 12.7. The maximum Gasteiger partial charge on any atom is 0.143 e. The van der Waals surface area contributed by atoms with Crippen LogP contribution in [-0.4, -0.2) is 0 Å². The Bertz CT molecular complexity index is 2510. The molecule has 9 aromatic rings. The first-order chi connectivity index (χ1) is 22.8. The number of furan rings is 1. The molecule has 0 spiro atoms. The van der Waals surface area contributed by atoms with Crippen LogP contribution in [0.15, 0.2) is 180 Å². The van der Waals surface area contributed by atoms with E-state index < -0.39 is 0 Å². The van der Waals surface area contributed by atoms with E-state index in [9.17, 15) is 0 Å². The van der Waals surface area contributed by atoms with Gasteiger partial charge in [0.15, 0.2) is 0 Å². The van der Waals surface area contributed by atoms with Crippen molar-refractivity contribution in [1.29, 1.82) is 0 Å². The fraction of sp³-hybridized carbons (Fsp3) is 0. The van der Waals surface area contributed by atoms with E-state index in [2.05, 4.69) is 181 Å². The maximum atomic E-state index is 6.80. The van der Waals surface area contributed by atoms with Gasteiger partial charge in [-0.25, -0.2) is 0 Å². The van der Waals surface area contributed by atoms with Crippen LogP contribution < -0.4 is 4.90 Å². The summed E-state index contributed by atoms with van der Waals surface area (Å²) in [6.45, 7) is 0. The molecular weight excluding hydrogens is 558 g/mol. The average molecular weight is 588 g/mol. The van der Waals surface area contributed by atoms with E-state index >= 15 is 0 Å². The summed E-state index contributed by atoms with van der Waals surface area (Å²) in [7, 11) is 0. The molecular formula is C44H29NO. The Kier molecular flexibility index (Phi) is 6.17. The second-order valence-corrected chi connectivity index (χ2v) is 11.8. The van der Waals surface area contributed by atoms with Gasteiger partial charge in [-0.15, -0.1) is 0 Å². The standard InChI is InChI=1S/C44H29NO/c1-3-11-30(12-4-1)32-19-23-36(24-20-32)45(37-25-21-31-13-7-8-17-35(31)27-37)38-28-41(33-14-5-2-6-15-33)44-42(29-38)40-26-22-34-16-9-10-18-39(34)43(40)46-44/h1-29H. The van der Waals surface area contributed by atoms with Gasteiger partial charge in [-0.2, -0.15) is 0 Å². The second kappa shape index (κ2) is 10.8. The third kappa shape index (κ3) is 4.43. The Balaban J connectivity index is 1.32. The number of fused-ring (bicyclic) bond motifs is 6. The molecule has 0 aliphatic rings. The van der Waals surface area contributed by atoms with Crippen LogP contribution in [-0.2, 0) is 0 Å². The molecule has 0 saturated heterocycles. The van der Waals surface area contributed by atoms with Gasteiger partial charge in [0.05, 0.1) is 0 Å². The molecule has 1 heterocycles. The summed E-state index contributed by atoms with van der Waals surface area (Å²) in [5.74, 6) is 0. The van der Waals surface area contributed by atoms with Crippen LogP contribution in [0, 0.1) is 0 Å². The van der Waals surface area contributed by atoms with Crippen molar-refractivity contribution in [2.24, 2.45) is 0 Å². The van der Waals surface area contributed by atoms with Gasteiger partial charge < -0.3 is 9.32 Å². The second-order valence-electron chi connectivity index (χ2n) is 11.8. The monoisotopic (exact) mass is 587 g/mol. The Morgan fingerprint density at radius 3 is 1.72 bits per heavy atom. The minimum Gasteiger partial charge on any atom is -0.455 e. The zero-order valence-corrected chi connectivity index (χ0v) is 25.1. The molecule has 0 amide bonds. The summed E-state index contributed by atoms with van der Waals surface area (Å²) in [5, 5.41) is 6.94. The summed E-state index contributed by atoms with van der Waals surface area (Å²) < 4.78 is 6.80. The molecule has 0 saturated carbocycles. The van der Waals surface area contributed by atoms with Crippen LogP contribution in [0.3, 0.4) is 0 Å². The highest BCUT2D eigenvalue weighted by Gasteiger charge is 2.20. The van der Waals surface area contributed by atoms with E-state index in [1.807, 2.05) is 0 Å². The lowest BCUT2D eigenvalue weighted by atomic mass is 9.99. The number of nitrogens with zero attached hydrogens (tertiary/aromatic N) is 1. The summed E-state index contributed by atoms with van der Waals surface area (Å²) in [4.78, 5) is 2.37. The first-order valence-corrected chi connectivity index (χ1v) is 15.7. The van der Waals surface area contributed by atoms with Crippen LogP contribution in [0.2, 0.25) is 0 Å². The lowest BCUT2D eigenvalue weighted by molar-refractivity contribution is 0.674. The van der Waals surface area contributed by atoms with Crippen LogP contribution in [0.5, 0.6) is 0 Å². The van der Waals surface area contributed by atoms with Crippen molar-refractivity contribution in [2.75, 3.05) is 4.90 Å². The summed E-state index contributed by atoms with van der Waals surface area (Å²) in [6.07, 6.45) is 0. The smallest absolute Gasteiger partial charge is 0.143 e. The van der Waals surface area contributed by atoms with Crippen molar-refractivity contribution in [2.45, 2.75) is 0 Å². The van der Waals surface area contributed by atoms with E-state index in [0.29, 0.717) is 0 Å². The third-order valence-corrected chi connectivity index (χ3v) is 9.01. The Hall–Kier alpha value is -6.12. The van der Waals surface area contributed by atoms with E-state index in [1.165, 1.54) is 27.3 Å². The summed E-state index contributed by atoms with van der Waals surface area (Å²) in [5.41, 5.74) is 9.67. The number of anilines is 3. The van der Waals surface area contributed by atoms with E-state index in [4.69, 9.17) is 4.42 Å². The molecule has 2 nitrogen and oxygen atoms in total. The van der Waals surface area contributed by atoms with Crippen molar-refractivity contribution < 1.29 is 4.42 Å². The van der Waals surface area contributed by atoms with Gasteiger partial charge in [-0.1, -0.05) is 133 Å². The maximum absolute atomic E-state index is 6.80. The highest BCUT2D eigenvalue weighted by Crippen LogP contribution is 2.45. The van der Waals surface area contributed by atoms with Crippen molar-refractivity contribution in [3.8, 4) is 22.3 Å². The van der Waals surface area contributed by atoms with Gasteiger partial charge in [0.25, 0.3) is 0 Å². The molecule has 0 aliphatic heterocycles. The van der Waals surface area contributed by atoms with Gasteiger partial charge in [0, 0.05) is 38.8 Å². The van der Waals surface area contributed by atoms with Gasteiger partial charge in [-0.3, -0.25) is 0 Å². The van der Waals surface area contributed by atoms with E-state index in [1.54, 1.807) is 0 Å². The van der Waals surface area contributed by atoms with Gasteiger partial charge in [0.1, 0.15) is 11.2 Å². The lowest BCUT2D eigenvalue weighted by Gasteiger charge is -2.27. The molecule has 0 unspecified atom stereocenters. The molecule has 0 atom stereocenters. The average Bonchev–Trinajstić information content (AvgIpc) is 3.52. The Labute approximate surface area is 267 Å². The fourth-order valence-electron chi connectivity index (χ4n) is 6.75. The SMILES string of the molecule is c1ccc(-c2ccc(N(c3ccc4ccccc4c3)c3cc(-c4ccccc4)c4oc5c6ccccc6ccc5c4c3)cc2)cc1. The molecule has 0 bridgehead atoms. The lowest BCUT2D eigenvalue weighted by Crippen LogP contribution is -2.10. The van der Waals surface area contributed by atoms with E-state index in [-0.39, 0.29) is 0 Å². The molecule has 0 radical (unpaired) electrons. The normalized spacial score (nSPS) is 11.5. The molecule has 46 heavy (non-hydrogen) atoms. The first-order valence-electron chi connectivity index (χ1n) is 15.7. The fourth-order valence-corrected chi connectivity index (χ4v) is 6.75. The zero-order chi connectivity index (χ0) is 30.5. The number of rotatable bonds is 5. The van der Waals surface area contributed by atoms with Crippen molar-refractivity contribution >= 4 is 60.5 Å². The summed E-state index contributed by atoms with van der Waals surface area (Å²) >= 11 is 0. The molecule has 1 aromatic heterocycles. The first kappa shape index (κ1) is 26.3. The van der Waals surface area contributed by atoms with Gasteiger partial charge >= 0.3 is 0 Å². The quantitative estimate of drug-likeness (QED) is 0.199. The minimum atomic E-state index is 0.902. The Morgan fingerprint density at radius 2 is 0.935 bits per heavy atom. The van der Waals surface area contributed by atoms with Crippen LogP contribution in [0.1, 0.15) is 0 Å². The molecule has 0 fully saturated rings. The third-order valence-electron chi connectivity index (χ3n) is 9.01. The zero-order valence-electron chi connectivity index (χ0n) is 25.1. The molecule has 0 N–H and O–H groups in total. The number of hydrogen-bond acceptors (Lipinski definition) is 2. The highest BCUT2D eigenvalue weighted by atomic mass is 16.3. The van der Waals surface area contributed by atoms with Crippen LogP contribution in [0.25, 0.3) is 65.7 Å². The minimum absolute atomic E-state index is 0.902. The van der Waals surface area contributed by atoms with Gasteiger partial charge in [-0.05, 0) is 75.3 Å². The molecule has 0 aliphatic carbocycles. The largest absolute Gasteiger partial charge is 0.455 e. The van der Waals surface area contributed by atoms with Crippen LogP contribution in [0.4, 0.5) is 17.1 Å². The molecule has 9 rings (SSSR count).